The van der Waals surface area contributed by atoms with E-state index < -0.39 is 0 Å². The van der Waals surface area contributed by atoms with Crippen molar-refractivity contribution in [1.29, 1.82) is 0 Å². The Hall–Kier alpha value is -0.290. The number of hydrogen-bond acceptors (Lipinski definition) is 5. The van der Waals surface area contributed by atoms with Gasteiger partial charge in [-0.3, -0.25) is 0 Å². The van der Waals surface area contributed by atoms with E-state index in [2.05, 4.69) is 15.0 Å². The molecular weight excluding hydrogens is 178 g/mol. The minimum Gasteiger partial charge on any atom is -0.225 e. The van der Waals surface area contributed by atoms with Crippen LogP contribution < -0.4 is 0 Å². The maximum atomic E-state index is 4.01. The van der Waals surface area contributed by atoms with Crippen LogP contribution >= 0.6 is 23.5 Å². The summed E-state index contributed by atoms with van der Waals surface area (Å²) in [6.45, 7) is 0. The molecule has 0 N–H and O–H groups in total. The fraction of sp³-hybridized carbons (Fsp3) is 0.500. The third-order valence-corrected chi connectivity index (χ3v) is 3.49. The monoisotopic (exact) mass is 185 g/mol. The molecule has 0 amide bonds. The topological polar surface area (TPSA) is 38.7 Å². The second-order valence-electron chi connectivity index (χ2n) is 2.19. The van der Waals surface area contributed by atoms with Gasteiger partial charge in [-0.2, -0.15) is 11.8 Å². The second kappa shape index (κ2) is 3.40. The quantitative estimate of drug-likeness (QED) is 0.520. The third-order valence-electron chi connectivity index (χ3n) is 1.27. The molecule has 1 atom stereocenters. The van der Waals surface area contributed by atoms with Gasteiger partial charge < -0.3 is 0 Å². The molecule has 3 nitrogen and oxygen atoms in total. The molecule has 0 radical (unpaired) electrons. The van der Waals surface area contributed by atoms with Crippen molar-refractivity contribution < 1.29 is 0 Å². The zero-order chi connectivity index (χ0) is 7.52. The molecule has 0 spiro atoms. The smallest absolute Gasteiger partial charge is 0.190 e. The van der Waals surface area contributed by atoms with E-state index in [1.807, 2.05) is 11.8 Å². The fourth-order valence-electron chi connectivity index (χ4n) is 0.635. The molecule has 2 rings (SSSR count). The maximum Gasteiger partial charge on any atom is 0.190 e. The van der Waals surface area contributed by atoms with Crippen LogP contribution in [0.5, 0.6) is 0 Å². The van der Waals surface area contributed by atoms with Gasteiger partial charge in [0, 0.05) is 16.8 Å². The van der Waals surface area contributed by atoms with Gasteiger partial charge in [-0.25, -0.2) is 15.0 Å². The van der Waals surface area contributed by atoms with Crippen molar-refractivity contribution in [3.63, 3.8) is 0 Å². The Morgan fingerprint density at radius 3 is 2.91 bits per heavy atom. The minimum atomic E-state index is 0.840. The zero-order valence-corrected chi connectivity index (χ0v) is 7.44. The summed E-state index contributed by atoms with van der Waals surface area (Å²) in [4.78, 5) is 11.8. The van der Waals surface area contributed by atoms with Crippen LogP contribution in [0.3, 0.4) is 0 Å². The highest BCUT2D eigenvalue weighted by atomic mass is 32.2. The first kappa shape index (κ1) is 7.36. The molecule has 1 fully saturated rings. The molecule has 58 valence electrons. The summed E-state index contributed by atoms with van der Waals surface area (Å²) in [6.07, 6.45) is 3.07. The Labute approximate surface area is 73.4 Å². The SMILES string of the molecule is c1ncnc(SCC2CS2)n1. The van der Waals surface area contributed by atoms with Crippen molar-refractivity contribution in [1.82, 2.24) is 15.0 Å². The van der Waals surface area contributed by atoms with Gasteiger partial charge in [-0.05, 0) is 0 Å². The number of rotatable bonds is 3. The number of thioether (sulfide) groups is 2. The molecule has 2 heterocycles. The molecule has 1 aliphatic heterocycles. The summed E-state index contributed by atoms with van der Waals surface area (Å²) in [5.74, 6) is 2.44. The Kier molecular flexibility index (Phi) is 2.28. The summed E-state index contributed by atoms with van der Waals surface area (Å²) < 4.78 is 0. The van der Waals surface area contributed by atoms with Crippen molar-refractivity contribution in [2.24, 2.45) is 0 Å². The number of aromatic nitrogens is 3. The lowest BCUT2D eigenvalue weighted by atomic mass is 10.6. The average molecular weight is 185 g/mol. The van der Waals surface area contributed by atoms with Crippen molar-refractivity contribution >= 4 is 23.5 Å². The van der Waals surface area contributed by atoms with Crippen LogP contribution in [0.25, 0.3) is 0 Å². The second-order valence-corrected chi connectivity index (χ2v) is 4.51. The van der Waals surface area contributed by atoms with Gasteiger partial charge >= 0.3 is 0 Å². The largest absolute Gasteiger partial charge is 0.225 e. The minimum absolute atomic E-state index is 0.840. The van der Waals surface area contributed by atoms with Gasteiger partial charge in [0.15, 0.2) is 5.16 Å². The van der Waals surface area contributed by atoms with Crippen molar-refractivity contribution in [3.8, 4) is 0 Å². The molecule has 1 aromatic rings. The Morgan fingerprint density at radius 2 is 2.27 bits per heavy atom. The van der Waals surface area contributed by atoms with E-state index in [-0.39, 0.29) is 0 Å². The van der Waals surface area contributed by atoms with Crippen LogP contribution in [0.2, 0.25) is 0 Å². The van der Waals surface area contributed by atoms with E-state index in [1.165, 1.54) is 18.4 Å². The number of hydrogen-bond donors (Lipinski definition) is 0. The van der Waals surface area contributed by atoms with Crippen LogP contribution in [0.4, 0.5) is 0 Å². The summed E-state index contributed by atoms with van der Waals surface area (Å²) in [5.41, 5.74) is 0. The van der Waals surface area contributed by atoms with E-state index in [4.69, 9.17) is 0 Å². The lowest BCUT2D eigenvalue weighted by molar-refractivity contribution is 0.901. The van der Waals surface area contributed by atoms with Gasteiger partial charge in [-0.1, -0.05) is 11.8 Å². The van der Waals surface area contributed by atoms with Gasteiger partial charge in [0.1, 0.15) is 12.7 Å². The molecule has 0 aromatic carbocycles. The summed E-state index contributed by atoms with van der Waals surface area (Å²) in [5, 5.41) is 1.68. The number of nitrogens with zero attached hydrogens (tertiary/aromatic N) is 3. The van der Waals surface area contributed by atoms with Crippen LogP contribution in [0.15, 0.2) is 17.8 Å². The van der Waals surface area contributed by atoms with E-state index in [9.17, 15) is 0 Å². The Balaban J connectivity index is 1.85. The third kappa shape index (κ3) is 2.34. The molecule has 1 aromatic heterocycles. The first-order valence-electron chi connectivity index (χ1n) is 3.31. The van der Waals surface area contributed by atoms with E-state index >= 15 is 0 Å². The van der Waals surface area contributed by atoms with E-state index in [0.717, 1.165) is 16.2 Å². The van der Waals surface area contributed by atoms with Crippen molar-refractivity contribution in [2.75, 3.05) is 11.5 Å². The summed E-state index contributed by atoms with van der Waals surface area (Å²) >= 11 is 3.70. The highest BCUT2D eigenvalue weighted by Gasteiger charge is 2.22. The molecule has 0 bridgehead atoms. The first-order valence-corrected chi connectivity index (χ1v) is 5.35. The molecule has 5 heteroatoms. The van der Waals surface area contributed by atoms with Crippen LogP contribution in [-0.2, 0) is 0 Å². The summed E-state index contributed by atoms with van der Waals surface area (Å²) in [6, 6.07) is 0. The highest BCUT2D eigenvalue weighted by molar-refractivity contribution is 8.08. The van der Waals surface area contributed by atoms with Crippen LogP contribution in [0, 0.1) is 0 Å². The normalized spacial score (nSPS) is 21.6. The molecule has 0 aliphatic carbocycles. The average Bonchev–Trinajstić information content (AvgIpc) is 2.86. The Bertz CT molecular complexity index is 225. The van der Waals surface area contributed by atoms with E-state index in [0.29, 0.717) is 0 Å². The summed E-state index contributed by atoms with van der Waals surface area (Å²) in [7, 11) is 0. The lowest BCUT2D eigenvalue weighted by Crippen LogP contribution is -1.91. The zero-order valence-electron chi connectivity index (χ0n) is 5.80. The molecule has 1 saturated heterocycles. The van der Waals surface area contributed by atoms with Crippen LogP contribution in [-0.4, -0.2) is 31.7 Å². The molecule has 1 aliphatic rings. The van der Waals surface area contributed by atoms with Gasteiger partial charge in [0.25, 0.3) is 0 Å². The lowest BCUT2D eigenvalue weighted by Gasteiger charge is -1.93. The maximum absolute atomic E-state index is 4.01. The standard InChI is InChI=1S/C6H7N3S2/c1-5(10-1)2-11-6-8-3-7-4-9-6/h3-5H,1-2H2. The predicted octanol–water partition coefficient (Wildman–Crippen LogP) is 1.08. The van der Waals surface area contributed by atoms with Gasteiger partial charge in [0.05, 0.1) is 0 Å². The van der Waals surface area contributed by atoms with Crippen LogP contribution in [0.1, 0.15) is 0 Å². The van der Waals surface area contributed by atoms with Crippen molar-refractivity contribution in [3.05, 3.63) is 12.7 Å². The van der Waals surface area contributed by atoms with Crippen molar-refractivity contribution in [2.45, 2.75) is 10.4 Å². The molecular formula is C6H7N3S2. The predicted molar refractivity (Wildman–Crippen MR) is 46.8 cm³/mol. The molecule has 1 unspecified atom stereocenters. The fourth-order valence-corrected chi connectivity index (χ4v) is 2.32. The highest BCUT2D eigenvalue weighted by Crippen LogP contribution is 2.34. The van der Waals surface area contributed by atoms with Gasteiger partial charge in [0.2, 0.25) is 0 Å². The van der Waals surface area contributed by atoms with Gasteiger partial charge in [-0.15, -0.1) is 0 Å². The molecule has 11 heavy (non-hydrogen) atoms. The molecule has 0 saturated carbocycles. The Morgan fingerprint density at radius 1 is 1.55 bits per heavy atom. The first-order chi connectivity index (χ1) is 5.45. The van der Waals surface area contributed by atoms with E-state index in [1.54, 1.807) is 11.8 Å².